The number of nitrogens with one attached hydrogen (secondary N) is 2. The van der Waals surface area contributed by atoms with Gasteiger partial charge in [0.1, 0.15) is 5.82 Å². The molecule has 2 N–H and O–H groups in total. The van der Waals surface area contributed by atoms with Crippen LogP contribution in [0.25, 0.3) is 0 Å². The molecule has 1 heterocycles. The van der Waals surface area contributed by atoms with Crippen LogP contribution in [0.4, 0.5) is 5.82 Å². The summed E-state index contributed by atoms with van der Waals surface area (Å²) < 4.78 is 0.902. The number of anilines is 1. The van der Waals surface area contributed by atoms with Crippen molar-refractivity contribution in [3.05, 3.63) is 22.8 Å². The topological polar surface area (TPSA) is 57.3 Å². The number of carbonyl (C=O) groups is 1. The summed E-state index contributed by atoms with van der Waals surface area (Å²) in [6.07, 6.45) is 6.33. The number of pyridine rings is 1. The van der Waals surface area contributed by atoms with E-state index in [1.54, 1.807) is 12.3 Å². The Morgan fingerprint density at radius 3 is 2.67 bits per heavy atom. The summed E-state index contributed by atoms with van der Waals surface area (Å²) >= 11 is 3.33. The highest BCUT2D eigenvalue weighted by atomic mass is 79.9. The predicted octanol–water partition coefficient (Wildman–Crippen LogP) is 2.24. The molecule has 1 fully saturated rings. The van der Waals surface area contributed by atoms with E-state index < -0.39 is 0 Å². The molecule has 6 heteroatoms. The summed E-state index contributed by atoms with van der Waals surface area (Å²) in [5.41, 5.74) is 0. The normalized spacial score (nSPS) is 22.3. The second-order valence-electron chi connectivity index (χ2n) is 5.62. The molecule has 0 spiro atoms. The van der Waals surface area contributed by atoms with Gasteiger partial charge in [-0.3, -0.25) is 9.69 Å². The Morgan fingerprint density at radius 2 is 2.10 bits per heavy atom. The number of aromatic nitrogens is 1. The third-order valence-corrected chi connectivity index (χ3v) is 4.59. The van der Waals surface area contributed by atoms with Crippen molar-refractivity contribution >= 4 is 27.7 Å². The molecule has 1 saturated carbocycles. The maximum absolute atomic E-state index is 12.1. The SMILES string of the molecule is CNC1CCC(N(C)CC(=O)Nc2ccc(Br)cn2)CC1. The van der Waals surface area contributed by atoms with E-state index >= 15 is 0 Å². The van der Waals surface area contributed by atoms with Crippen LogP contribution in [0.2, 0.25) is 0 Å². The van der Waals surface area contributed by atoms with Gasteiger partial charge < -0.3 is 10.6 Å². The molecule has 0 unspecified atom stereocenters. The van der Waals surface area contributed by atoms with E-state index in [2.05, 4.69) is 36.4 Å². The van der Waals surface area contributed by atoms with Crippen molar-refractivity contribution in [2.75, 3.05) is 26.0 Å². The Hall–Kier alpha value is -0.980. The molecular weight excluding hydrogens is 332 g/mol. The summed E-state index contributed by atoms with van der Waals surface area (Å²) in [6.45, 7) is 0.409. The zero-order valence-corrected chi connectivity index (χ0v) is 14.2. The average molecular weight is 355 g/mol. The first-order valence-corrected chi connectivity index (χ1v) is 8.16. The first-order valence-electron chi connectivity index (χ1n) is 7.37. The van der Waals surface area contributed by atoms with Crippen LogP contribution in [-0.2, 0) is 4.79 Å². The fraction of sp³-hybridized carbons (Fsp3) is 0.600. The van der Waals surface area contributed by atoms with Gasteiger partial charge in [0.05, 0.1) is 6.54 Å². The molecular formula is C15H23BrN4O. The number of nitrogens with zero attached hydrogens (tertiary/aromatic N) is 2. The van der Waals surface area contributed by atoms with Gasteiger partial charge in [-0.15, -0.1) is 0 Å². The summed E-state index contributed by atoms with van der Waals surface area (Å²) in [6, 6.07) is 4.79. The average Bonchev–Trinajstić information content (AvgIpc) is 2.49. The van der Waals surface area contributed by atoms with Crippen LogP contribution in [0, 0.1) is 0 Å². The van der Waals surface area contributed by atoms with Gasteiger partial charge in [0, 0.05) is 22.8 Å². The van der Waals surface area contributed by atoms with Gasteiger partial charge >= 0.3 is 0 Å². The number of hydrogen-bond acceptors (Lipinski definition) is 4. The molecule has 0 saturated heterocycles. The standard InChI is InChI=1S/C15H23BrN4O/c1-17-12-4-6-13(7-5-12)20(2)10-15(21)19-14-8-3-11(16)9-18-14/h3,8-9,12-13,17H,4-7,10H2,1-2H3,(H,18,19,21). The smallest absolute Gasteiger partial charge is 0.239 e. The van der Waals surface area contributed by atoms with Crippen molar-refractivity contribution in [2.45, 2.75) is 37.8 Å². The third-order valence-electron chi connectivity index (χ3n) is 4.12. The van der Waals surface area contributed by atoms with Crippen LogP contribution in [0.1, 0.15) is 25.7 Å². The minimum atomic E-state index is -0.0111. The monoisotopic (exact) mass is 354 g/mol. The summed E-state index contributed by atoms with van der Waals surface area (Å²) in [4.78, 5) is 18.4. The van der Waals surface area contributed by atoms with Gasteiger partial charge in [-0.05, 0) is 67.8 Å². The molecule has 0 aromatic carbocycles. The van der Waals surface area contributed by atoms with E-state index in [-0.39, 0.29) is 5.91 Å². The Balaban J connectivity index is 1.78. The number of hydrogen-bond donors (Lipinski definition) is 2. The van der Waals surface area contributed by atoms with E-state index in [0.29, 0.717) is 24.4 Å². The zero-order chi connectivity index (χ0) is 15.2. The predicted molar refractivity (Wildman–Crippen MR) is 88.3 cm³/mol. The minimum Gasteiger partial charge on any atom is -0.317 e. The van der Waals surface area contributed by atoms with Gasteiger partial charge in [-0.25, -0.2) is 4.98 Å². The first kappa shape index (κ1) is 16.4. The summed E-state index contributed by atoms with van der Waals surface area (Å²) in [5.74, 6) is 0.582. The van der Waals surface area contributed by atoms with Crippen molar-refractivity contribution in [1.29, 1.82) is 0 Å². The fourth-order valence-electron chi connectivity index (χ4n) is 2.79. The second-order valence-corrected chi connectivity index (χ2v) is 6.53. The second kappa shape index (κ2) is 7.87. The Bertz CT molecular complexity index is 457. The highest BCUT2D eigenvalue weighted by molar-refractivity contribution is 9.10. The van der Waals surface area contributed by atoms with E-state index in [9.17, 15) is 4.79 Å². The lowest BCUT2D eigenvalue weighted by Gasteiger charge is -2.34. The lowest BCUT2D eigenvalue weighted by molar-refractivity contribution is -0.117. The van der Waals surface area contributed by atoms with Crippen molar-refractivity contribution in [3.63, 3.8) is 0 Å². The maximum Gasteiger partial charge on any atom is 0.239 e. The van der Waals surface area contributed by atoms with Crippen molar-refractivity contribution in [3.8, 4) is 0 Å². The molecule has 116 valence electrons. The lowest BCUT2D eigenvalue weighted by atomic mass is 9.90. The van der Waals surface area contributed by atoms with Crippen molar-refractivity contribution in [2.24, 2.45) is 0 Å². The molecule has 0 aliphatic heterocycles. The summed E-state index contributed by atoms with van der Waals surface area (Å²) in [7, 11) is 4.05. The highest BCUT2D eigenvalue weighted by Gasteiger charge is 2.24. The molecule has 5 nitrogen and oxygen atoms in total. The Morgan fingerprint density at radius 1 is 1.38 bits per heavy atom. The first-order chi connectivity index (χ1) is 10.1. The fourth-order valence-corrected chi connectivity index (χ4v) is 3.03. The molecule has 1 aliphatic rings. The molecule has 1 aromatic heterocycles. The number of rotatable bonds is 5. The quantitative estimate of drug-likeness (QED) is 0.851. The number of carbonyl (C=O) groups excluding carboxylic acids is 1. The van der Waals surface area contributed by atoms with Crippen LogP contribution in [0.15, 0.2) is 22.8 Å². The maximum atomic E-state index is 12.1. The van der Waals surface area contributed by atoms with Gasteiger partial charge in [-0.1, -0.05) is 0 Å². The third kappa shape index (κ3) is 5.05. The lowest BCUT2D eigenvalue weighted by Crippen LogP contribution is -2.42. The Kier molecular flexibility index (Phi) is 6.14. The van der Waals surface area contributed by atoms with Crippen LogP contribution in [0.5, 0.6) is 0 Å². The van der Waals surface area contributed by atoms with E-state index in [1.807, 2.05) is 20.2 Å². The number of amides is 1. The van der Waals surface area contributed by atoms with E-state index in [1.165, 1.54) is 12.8 Å². The molecule has 0 radical (unpaired) electrons. The molecule has 21 heavy (non-hydrogen) atoms. The van der Waals surface area contributed by atoms with Gasteiger partial charge in [0.25, 0.3) is 0 Å². The van der Waals surface area contributed by atoms with Crippen molar-refractivity contribution in [1.82, 2.24) is 15.2 Å². The highest BCUT2D eigenvalue weighted by Crippen LogP contribution is 2.22. The molecule has 2 rings (SSSR count). The van der Waals surface area contributed by atoms with Crippen LogP contribution >= 0.6 is 15.9 Å². The van der Waals surface area contributed by atoms with E-state index in [0.717, 1.165) is 17.3 Å². The zero-order valence-electron chi connectivity index (χ0n) is 12.6. The molecule has 1 aliphatic carbocycles. The van der Waals surface area contributed by atoms with Crippen molar-refractivity contribution < 1.29 is 4.79 Å². The number of likely N-dealkylation sites (N-methyl/N-ethyl adjacent to an activating group) is 1. The van der Waals surface area contributed by atoms with E-state index in [4.69, 9.17) is 0 Å². The van der Waals surface area contributed by atoms with Gasteiger partial charge in [-0.2, -0.15) is 0 Å². The van der Waals surface area contributed by atoms with Gasteiger partial charge in [0.15, 0.2) is 0 Å². The molecule has 0 bridgehead atoms. The molecule has 1 amide bonds. The summed E-state index contributed by atoms with van der Waals surface area (Å²) in [5, 5.41) is 6.17. The number of halogens is 1. The largest absolute Gasteiger partial charge is 0.317 e. The van der Waals surface area contributed by atoms with Gasteiger partial charge in [0.2, 0.25) is 5.91 Å². The molecule has 1 aromatic rings. The van der Waals surface area contributed by atoms with Crippen LogP contribution < -0.4 is 10.6 Å². The molecule has 0 atom stereocenters. The van der Waals surface area contributed by atoms with Crippen LogP contribution in [-0.4, -0.2) is 48.5 Å². The minimum absolute atomic E-state index is 0.0111. The Labute approximate surface area is 134 Å². The van der Waals surface area contributed by atoms with Crippen LogP contribution in [0.3, 0.4) is 0 Å².